The molecule has 0 bridgehead atoms. The predicted octanol–water partition coefficient (Wildman–Crippen LogP) is 4.45. The maximum atomic E-state index is 11.6. The molecule has 2 aromatic carbocycles. The van der Waals surface area contributed by atoms with E-state index in [9.17, 15) is 9.59 Å². The number of amides is 2. The van der Waals surface area contributed by atoms with Gasteiger partial charge in [-0.3, -0.25) is 9.59 Å². The van der Waals surface area contributed by atoms with E-state index in [2.05, 4.69) is 51.2 Å². The second-order valence-electron chi connectivity index (χ2n) is 7.99. The van der Waals surface area contributed by atoms with Gasteiger partial charge in [-0.15, -0.1) is 0 Å². The van der Waals surface area contributed by atoms with E-state index in [1.54, 1.807) is 4.90 Å². The van der Waals surface area contributed by atoms with E-state index in [0.717, 1.165) is 23.2 Å². The monoisotopic (exact) mass is 364 g/mol. The van der Waals surface area contributed by atoms with Gasteiger partial charge in [-0.2, -0.15) is 0 Å². The van der Waals surface area contributed by atoms with Gasteiger partial charge in [0.2, 0.25) is 0 Å². The van der Waals surface area contributed by atoms with E-state index in [1.165, 1.54) is 16.7 Å². The summed E-state index contributed by atoms with van der Waals surface area (Å²) in [6.45, 7) is 10.1. The SMILES string of the molecule is CC(C)c1ccc2c(c1)CN(C)C2=O.CC(C)c1ccc2c(c1)CNC2=O. The summed E-state index contributed by atoms with van der Waals surface area (Å²) in [5.74, 6) is 1.27. The highest BCUT2D eigenvalue weighted by Crippen LogP contribution is 2.25. The quantitative estimate of drug-likeness (QED) is 0.856. The Morgan fingerprint density at radius 2 is 1.41 bits per heavy atom. The summed E-state index contributed by atoms with van der Waals surface area (Å²) in [6.07, 6.45) is 0. The minimum atomic E-state index is 0.0605. The lowest BCUT2D eigenvalue weighted by Crippen LogP contribution is -2.17. The highest BCUT2D eigenvalue weighted by molar-refractivity contribution is 5.98. The van der Waals surface area contributed by atoms with Crippen LogP contribution in [0.1, 0.15) is 82.5 Å². The Hall–Kier alpha value is -2.62. The Bertz CT molecular complexity index is 884. The van der Waals surface area contributed by atoms with Crippen molar-refractivity contribution in [1.29, 1.82) is 0 Å². The molecule has 4 nitrogen and oxygen atoms in total. The van der Waals surface area contributed by atoms with Crippen LogP contribution in [0.2, 0.25) is 0 Å². The molecule has 4 heteroatoms. The number of fused-ring (bicyclic) bond motifs is 2. The van der Waals surface area contributed by atoms with E-state index in [0.29, 0.717) is 18.4 Å². The van der Waals surface area contributed by atoms with Gasteiger partial charge >= 0.3 is 0 Å². The van der Waals surface area contributed by atoms with Gasteiger partial charge in [-0.25, -0.2) is 0 Å². The maximum Gasteiger partial charge on any atom is 0.254 e. The van der Waals surface area contributed by atoms with Gasteiger partial charge in [0.1, 0.15) is 0 Å². The number of hydrogen-bond acceptors (Lipinski definition) is 2. The molecule has 27 heavy (non-hydrogen) atoms. The van der Waals surface area contributed by atoms with E-state index >= 15 is 0 Å². The normalized spacial score (nSPS) is 14.9. The van der Waals surface area contributed by atoms with Crippen LogP contribution in [0.5, 0.6) is 0 Å². The van der Waals surface area contributed by atoms with Crippen molar-refractivity contribution in [3.05, 3.63) is 69.8 Å². The molecule has 0 saturated heterocycles. The van der Waals surface area contributed by atoms with Crippen molar-refractivity contribution in [3.63, 3.8) is 0 Å². The van der Waals surface area contributed by atoms with E-state index < -0.39 is 0 Å². The Morgan fingerprint density at radius 3 is 2.00 bits per heavy atom. The van der Waals surface area contributed by atoms with Crippen molar-refractivity contribution in [2.75, 3.05) is 7.05 Å². The second kappa shape index (κ2) is 7.55. The molecule has 1 N–H and O–H groups in total. The highest BCUT2D eigenvalue weighted by atomic mass is 16.2. The van der Waals surface area contributed by atoms with Crippen LogP contribution in [0.25, 0.3) is 0 Å². The van der Waals surface area contributed by atoms with Crippen LogP contribution in [0, 0.1) is 0 Å². The minimum absolute atomic E-state index is 0.0605. The second-order valence-corrected chi connectivity index (χ2v) is 7.99. The van der Waals surface area contributed by atoms with Gasteiger partial charge in [0.05, 0.1) is 0 Å². The zero-order valence-electron chi connectivity index (χ0n) is 16.8. The summed E-state index contributed by atoms with van der Waals surface area (Å²) in [6, 6.07) is 12.2. The summed E-state index contributed by atoms with van der Waals surface area (Å²) in [5.41, 5.74) is 6.63. The van der Waals surface area contributed by atoms with Crippen molar-refractivity contribution >= 4 is 11.8 Å². The third-order valence-corrected chi connectivity index (χ3v) is 5.26. The molecule has 4 rings (SSSR count). The molecule has 2 aliphatic heterocycles. The Kier molecular flexibility index (Phi) is 5.36. The number of hydrogen-bond donors (Lipinski definition) is 1. The van der Waals surface area contributed by atoms with Crippen LogP contribution < -0.4 is 5.32 Å². The van der Waals surface area contributed by atoms with Gasteiger partial charge in [0.15, 0.2) is 0 Å². The lowest BCUT2D eigenvalue weighted by atomic mass is 9.98. The fraction of sp³-hybridized carbons (Fsp3) is 0.391. The third-order valence-electron chi connectivity index (χ3n) is 5.26. The molecule has 142 valence electrons. The number of carbonyl (C=O) groups is 2. The van der Waals surface area contributed by atoms with Crippen molar-refractivity contribution < 1.29 is 9.59 Å². The molecular formula is C23H28N2O2. The van der Waals surface area contributed by atoms with Crippen molar-refractivity contribution in [2.45, 2.75) is 52.6 Å². The van der Waals surface area contributed by atoms with Crippen molar-refractivity contribution in [3.8, 4) is 0 Å². The number of nitrogens with one attached hydrogen (secondary N) is 1. The molecule has 2 heterocycles. The number of rotatable bonds is 2. The summed E-state index contributed by atoms with van der Waals surface area (Å²) >= 11 is 0. The third kappa shape index (κ3) is 3.90. The smallest absolute Gasteiger partial charge is 0.254 e. The summed E-state index contributed by atoms with van der Waals surface area (Å²) in [5, 5.41) is 2.81. The van der Waals surface area contributed by atoms with Gasteiger partial charge in [0, 0.05) is 31.3 Å². The van der Waals surface area contributed by atoms with Gasteiger partial charge in [0.25, 0.3) is 11.8 Å². The molecule has 2 aromatic rings. The molecule has 2 aliphatic rings. The molecule has 0 aromatic heterocycles. The van der Waals surface area contributed by atoms with E-state index in [-0.39, 0.29) is 11.8 Å². The standard InChI is InChI=1S/C12H15NO.C11H13NO/c1-8(2)9-4-5-11-10(6-9)7-13(3)12(11)14;1-7(2)8-3-4-10-9(5-8)6-12-11(10)13/h4-6,8H,7H2,1-3H3;3-5,7H,6H2,1-2H3,(H,12,13). The first kappa shape index (κ1) is 19.2. The van der Waals surface area contributed by atoms with Crippen molar-refractivity contribution in [1.82, 2.24) is 10.2 Å². The van der Waals surface area contributed by atoms with Crippen LogP contribution in [-0.4, -0.2) is 23.8 Å². The number of benzene rings is 2. The summed E-state index contributed by atoms with van der Waals surface area (Å²) < 4.78 is 0. The highest BCUT2D eigenvalue weighted by Gasteiger charge is 2.24. The van der Waals surface area contributed by atoms with E-state index in [4.69, 9.17) is 0 Å². The molecule has 0 radical (unpaired) electrons. The fourth-order valence-electron chi connectivity index (χ4n) is 3.46. The molecule has 0 saturated carbocycles. The zero-order chi connectivity index (χ0) is 19.7. The average Bonchev–Trinajstić information content (AvgIpc) is 3.15. The molecule has 0 atom stereocenters. The Labute approximate surface area is 161 Å². The largest absolute Gasteiger partial charge is 0.348 e. The van der Waals surface area contributed by atoms with Crippen LogP contribution in [0.15, 0.2) is 36.4 Å². The topological polar surface area (TPSA) is 49.4 Å². The molecule has 2 amide bonds. The average molecular weight is 364 g/mol. The summed E-state index contributed by atoms with van der Waals surface area (Å²) in [7, 11) is 1.84. The first-order valence-corrected chi connectivity index (χ1v) is 9.57. The summed E-state index contributed by atoms with van der Waals surface area (Å²) in [4.78, 5) is 24.6. The fourth-order valence-corrected chi connectivity index (χ4v) is 3.46. The van der Waals surface area contributed by atoms with Gasteiger partial charge < -0.3 is 10.2 Å². The zero-order valence-corrected chi connectivity index (χ0v) is 16.8. The number of nitrogens with zero attached hydrogens (tertiary/aromatic N) is 1. The lowest BCUT2D eigenvalue weighted by Gasteiger charge is -2.06. The molecule has 0 unspecified atom stereocenters. The van der Waals surface area contributed by atoms with Crippen LogP contribution >= 0.6 is 0 Å². The van der Waals surface area contributed by atoms with Gasteiger partial charge in [-0.05, 0) is 46.2 Å². The van der Waals surface area contributed by atoms with Crippen LogP contribution in [0.4, 0.5) is 0 Å². The predicted molar refractivity (Wildman–Crippen MR) is 108 cm³/mol. The van der Waals surface area contributed by atoms with Crippen molar-refractivity contribution in [2.24, 2.45) is 0 Å². The Morgan fingerprint density at radius 1 is 0.852 bits per heavy atom. The molecule has 0 fully saturated rings. The molecular weight excluding hydrogens is 336 g/mol. The first-order chi connectivity index (χ1) is 12.8. The number of carbonyl (C=O) groups excluding carboxylic acids is 2. The van der Waals surface area contributed by atoms with Crippen LogP contribution in [-0.2, 0) is 13.1 Å². The molecule has 0 spiro atoms. The maximum absolute atomic E-state index is 11.6. The molecule has 0 aliphatic carbocycles. The van der Waals surface area contributed by atoms with Gasteiger partial charge in [-0.1, -0.05) is 52.0 Å². The Balaban J connectivity index is 0.000000156. The lowest BCUT2D eigenvalue weighted by molar-refractivity contribution is 0.0816. The van der Waals surface area contributed by atoms with E-state index in [1.807, 2.05) is 25.2 Å². The van der Waals surface area contributed by atoms with Crippen LogP contribution in [0.3, 0.4) is 0 Å². The minimum Gasteiger partial charge on any atom is -0.348 e. The first-order valence-electron chi connectivity index (χ1n) is 9.57.